The number of hydrogen-bond acceptors (Lipinski definition) is 1. The van der Waals surface area contributed by atoms with Gasteiger partial charge in [-0.05, 0) is 278 Å². The Morgan fingerprint density at radius 1 is 0.174 bits per heavy atom. The second-order valence-corrected chi connectivity index (χ2v) is 37.9. The summed E-state index contributed by atoms with van der Waals surface area (Å²) in [6.07, 6.45) is 0. The number of rotatable bonds is 9. The summed E-state index contributed by atoms with van der Waals surface area (Å²) in [6.45, 7) is 29.5. The highest BCUT2D eigenvalue weighted by Gasteiger charge is 2.58. The molecule has 6 nitrogen and oxygen atoms in total. The van der Waals surface area contributed by atoms with Gasteiger partial charge in [-0.1, -0.05) is 265 Å². The molecule has 0 saturated heterocycles. The van der Waals surface area contributed by atoms with Crippen LogP contribution in [0.5, 0.6) is 0 Å². The minimum atomic E-state index is -0.0883. The second kappa shape index (κ2) is 24.9. The van der Waals surface area contributed by atoms with E-state index < -0.39 is 0 Å². The average Bonchev–Trinajstić information content (AvgIpc) is 1.52. The van der Waals surface area contributed by atoms with E-state index in [2.05, 4.69) is 446 Å². The van der Waals surface area contributed by atoms with Gasteiger partial charge in [-0.2, -0.15) is 0 Å². The van der Waals surface area contributed by atoms with Crippen LogP contribution in [0.1, 0.15) is 105 Å². The van der Waals surface area contributed by atoms with Crippen molar-refractivity contribution in [3.63, 3.8) is 0 Å². The molecule has 582 valence electrons. The van der Waals surface area contributed by atoms with Crippen molar-refractivity contribution in [1.29, 1.82) is 0 Å². The summed E-state index contributed by atoms with van der Waals surface area (Å²) in [4.78, 5) is 5.66. The number of aromatic nitrogens is 6. The normalized spacial score (nSPS) is 15.7. The molecule has 0 aliphatic heterocycles. The molecule has 0 amide bonds. The summed E-state index contributed by atoms with van der Waals surface area (Å²) in [5.41, 5.74) is 30.7. The lowest BCUT2D eigenvalue weighted by Crippen LogP contribution is -2.42. The molecule has 2 aliphatic carbocycles. The summed E-state index contributed by atoms with van der Waals surface area (Å²) in [6, 6.07) is 128. The molecule has 121 heavy (non-hydrogen) atoms. The third-order valence-corrected chi connectivity index (χ3v) is 31.3. The molecule has 0 atom stereocenters. The zero-order chi connectivity index (χ0) is 81.9. The number of fused-ring (bicyclic) bond motifs is 21. The van der Waals surface area contributed by atoms with E-state index >= 15 is 0 Å². The summed E-state index contributed by atoms with van der Waals surface area (Å²) in [7, 11) is 0. The first kappa shape index (κ1) is 71.3. The smallest absolute Gasteiger partial charge is 0.145 e. The van der Waals surface area contributed by atoms with E-state index in [4.69, 9.17) is 4.98 Å². The van der Waals surface area contributed by atoms with E-state index in [-0.39, 0.29) is 32.5 Å². The van der Waals surface area contributed by atoms with Gasteiger partial charge in [-0.15, -0.1) is 0 Å². The van der Waals surface area contributed by atoms with Crippen LogP contribution < -0.4 is 0 Å². The van der Waals surface area contributed by atoms with Gasteiger partial charge in [0.2, 0.25) is 0 Å². The topological polar surface area (TPSA) is 37.5 Å². The maximum absolute atomic E-state index is 5.66. The molecule has 22 aromatic rings. The summed E-state index contributed by atoms with van der Waals surface area (Å²) in [5, 5.41) is 17.6. The summed E-state index contributed by atoms with van der Waals surface area (Å²) >= 11 is 0. The van der Waals surface area contributed by atoms with Gasteiger partial charge in [0, 0.05) is 77.1 Å². The SMILES string of the molecule is CC1(C)c2cc3c4cc(-c5ccc6c(c5)c5ccccc5n6-c5cccc(-c6nc7cc(-c8ccc(-n9c%10ccc(-c%11ccc%12c(c%11)c%11ccccc%11n%12-c%11ccc%12c%13ccccc%13c%13ccccc%13c%12c%11)cc%10c%10cc%11c(cc%109)C(C)(C)C(C)(C)C%11(C)C)cc8)ccc7n6-c6ccccc6)c5)ccc4n(-c4ccccc4)c3cc2C(C)(C)C1(C)C. The average molecular weight is 1560 g/mol. The number of benzene rings is 17. The molecule has 5 aromatic heterocycles. The van der Waals surface area contributed by atoms with Gasteiger partial charge in [0.1, 0.15) is 5.82 Å². The zero-order valence-electron chi connectivity index (χ0n) is 70.5. The first-order valence-corrected chi connectivity index (χ1v) is 43.1. The van der Waals surface area contributed by atoms with Gasteiger partial charge >= 0.3 is 0 Å². The van der Waals surface area contributed by atoms with Crippen molar-refractivity contribution in [2.24, 2.45) is 10.8 Å². The van der Waals surface area contributed by atoms with Crippen molar-refractivity contribution >= 4 is 131 Å². The van der Waals surface area contributed by atoms with Crippen molar-refractivity contribution in [2.45, 2.75) is 105 Å². The maximum Gasteiger partial charge on any atom is 0.145 e. The Balaban J connectivity index is 0.590. The fraction of sp³-hybridized carbons (Fsp3) is 0.157. The molecule has 24 rings (SSSR count). The Kier molecular flexibility index (Phi) is 14.7. The van der Waals surface area contributed by atoms with E-state index in [1.54, 1.807) is 0 Å². The maximum atomic E-state index is 5.66. The Labute approximate surface area is 704 Å². The second-order valence-electron chi connectivity index (χ2n) is 37.9. The Morgan fingerprint density at radius 3 is 0.934 bits per heavy atom. The molecule has 5 heterocycles. The highest BCUT2D eigenvalue weighted by molar-refractivity contribution is 6.26. The van der Waals surface area contributed by atoms with E-state index in [0.717, 1.165) is 67.3 Å². The molecule has 0 unspecified atom stereocenters. The highest BCUT2D eigenvalue weighted by atomic mass is 15.1. The largest absolute Gasteiger partial charge is 0.309 e. The third-order valence-electron chi connectivity index (χ3n) is 31.3. The molecule has 17 aromatic carbocycles. The number of imidazole rings is 1. The van der Waals surface area contributed by atoms with Crippen LogP contribution >= 0.6 is 0 Å². The van der Waals surface area contributed by atoms with Gasteiger partial charge in [0.05, 0.1) is 55.2 Å². The minimum Gasteiger partial charge on any atom is -0.309 e. The Bertz CT molecular complexity index is 8210. The van der Waals surface area contributed by atoms with E-state index in [0.29, 0.717) is 0 Å². The molecule has 0 saturated carbocycles. The molecule has 0 radical (unpaired) electrons. The fourth-order valence-electron chi connectivity index (χ4n) is 22.4. The van der Waals surface area contributed by atoms with Gasteiger partial charge in [0.15, 0.2) is 0 Å². The summed E-state index contributed by atoms with van der Waals surface area (Å²) in [5.74, 6) is 0.882. The van der Waals surface area contributed by atoms with Crippen molar-refractivity contribution in [3.8, 4) is 73.2 Å². The van der Waals surface area contributed by atoms with Crippen molar-refractivity contribution in [3.05, 3.63) is 362 Å². The van der Waals surface area contributed by atoms with Crippen LogP contribution in [0.2, 0.25) is 0 Å². The van der Waals surface area contributed by atoms with Crippen molar-refractivity contribution < 1.29 is 0 Å². The fourth-order valence-corrected chi connectivity index (χ4v) is 22.4. The highest BCUT2D eigenvalue weighted by Crippen LogP contribution is 2.64. The lowest BCUT2D eigenvalue weighted by atomic mass is 9.59. The van der Waals surface area contributed by atoms with Gasteiger partial charge in [-0.25, -0.2) is 4.98 Å². The predicted molar refractivity (Wildman–Crippen MR) is 512 cm³/mol. The molecular weight excluding hydrogens is 1470 g/mol. The predicted octanol–water partition coefficient (Wildman–Crippen LogP) is 30.7. The standard InChI is InChI=1S/C115H92N6/c1-110(2)95-65-93-91-61-72(46-55-104(91)117(76-29-15-13-16-30-76)107(93)67-97(95)112(5,6)114(110,9)10)70-44-53-102-89(59-70)86-38-23-25-40-100(86)119(102)79-33-27-28-75(58-79)109-116-99-63-74(48-57-106(99)121(109)77-31-17-14-18-32-77)69-42-49-78(50-43-69)118-105-56-47-73(62-92(105)94-66-96-98(68-108(94)118)113(7,8)115(11,12)111(96,3)4)71-45-54-103-90(60-71)87-39-24-26-41-101(87)120(103)80-51-52-85-83-36-20-19-34-81(83)82-35-21-22-37-84(82)88(85)64-80/h13-68H,1-12H3. The van der Waals surface area contributed by atoms with Crippen molar-refractivity contribution in [1.82, 2.24) is 27.8 Å². The quantitative estimate of drug-likeness (QED) is 0.133. The first-order valence-electron chi connectivity index (χ1n) is 43.1. The van der Waals surface area contributed by atoms with Crippen LogP contribution in [0.15, 0.2) is 340 Å². The van der Waals surface area contributed by atoms with Crippen LogP contribution in [0.4, 0.5) is 0 Å². The monoisotopic (exact) mass is 1560 g/mol. The first-order chi connectivity index (χ1) is 58.5. The molecule has 0 fully saturated rings. The third kappa shape index (κ3) is 9.73. The van der Waals surface area contributed by atoms with Crippen LogP contribution in [-0.4, -0.2) is 27.8 Å². The Morgan fingerprint density at radius 2 is 0.479 bits per heavy atom. The number of nitrogens with zero attached hydrogens (tertiary/aromatic N) is 6. The molecule has 0 bridgehead atoms. The van der Waals surface area contributed by atoms with Crippen LogP contribution in [0.25, 0.3) is 204 Å². The summed E-state index contributed by atoms with van der Waals surface area (Å²) < 4.78 is 12.3. The van der Waals surface area contributed by atoms with E-state index in [1.165, 1.54) is 159 Å². The van der Waals surface area contributed by atoms with Crippen LogP contribution in [0.3, 0.4) is 0 Å². The van der Waals surface area contributed by atoms with Gasteiger partial charge in [-0.3, -0.25) is 4.57 Å². The van der Waals surface area contributed by atoms with E-state index in [9.17, 15) is 0 Å². The molecular formula is C115H92N6. The van der Waals surface area contributed by atoms with Gasteiger partial charge < -0.3 is 18.3 Å². The lowest BCUT2D eigenvalue weighted by Gasteiger charge is -2.44. The van der Waals surface area contributed by atoms with E-state index in [1.807, 2.05) is 0 Å². The van der Waals surface area contributed by atoms with Crippen LogP contribution in [0, 0.1) is 10.8 Å². The lowest BCUT2D eigenvalue weighted by molar-refractivity contribution is 0.125. The van der Waals surface area contributed by atoms with Crippen LogP contribution in [-0.2, 0) is 21.7 Å². The molecule has 0 N–H and O–H groups in total. The zero-order valence-corrected chi connectivity index (χ0v) is 70.5. The number of hydrogen-bond donors (Lipinski definition) is 0. The van der Waals surface area contributed by atoms with Gasteiger partial charge in [0.25, 0.3) is 0 Å². The minimum absolute atomic E-state index is 0.0102. The molecule has 2 aliphatic rings. The van der Waals surface area contributed by atoms with Crippen molar-refractivity contribution in [2.75, 3.05) is 0 Å². The molecule has 0 spiro atoms. The molecule has 6 heteroatoms. The number of para-hydroxylation sites is 4. The Hall–Kier alpha value is -13.8.